The molecule has 0 saturated heterocycles. The molecular weight excluding hydrogens is 496 g/mol. The van der Waals surface area contributed by atoms with E-state index in [0.29, 0.717) is 24.7 Å². The molecule has 4 nitrogen and oxygen atoms in total. The van der Waals surface area contributed by atoms with Crippen LogP contribution < -0.4 is 9.47 Å². The van der Waals surface area contributed by atoms with Gasteiger partial charge in [0.25, 0.3) is 0 Å². The van der Waals surface area contributed by atoms with E-state index < -0.39 is 0 Å². The molecule has 4 heteroatoms. The fourth-order valence-corrected chi connectivity index (χ4v) is 4.32. The van der Waals surface area contributed by atoms with Crippen LogP contribution in [0, 0.1) is 0 Å². The van der Waals surface area contributed by atoms with Crippen molar-refractivity contribution in [3.05, 3.63) is 64.8 Å². The van der Waals surface area contributed by atoms with Gasteiger partial charge >= 0.3 is 5.97 Å². The second-order valence-corrected chi connectivity index (χ2v) is 11.0. The fourth-order valence-electron chi connectivity index (χ4n) is 4.32. The van der Waals surface area contributed by atoms with Crippen LogP contribution in [-0.4, -0.2) is 26.3 Å². The molecule has 0 aliphatic heterocycles. The SMILES string of the molecule is CCCCCCCCCCCOC(=O)/C=C/c1ccc(OC/C=C(\C)CC/C=C(\C)CCC=C(C)C)c(OC)c1. The number of unbranched alkanes of at least 4 members (excludes halogenated alkanes) is 8. The maximum atomic E-state index is 12.1. The van der Waals surface area contributed by atoms with Crippen LogP contribution in [0.2, 0.25) is 0 Å². The number of rotatable bonds is 22. The van der Waals surface area contributed by atoms with Gasteiger partial charge in [-0.3, -0.25) is 0 Å². The third kappa shape index (κ3) is 18.5. The number of hydrogen-bond donors (Lipinski definition) is 0. The predicted molar refractivity (Wildman–Crippen MR) is 171 cm³/mol. The average molecular weight is 553 g/mol. The lowest BCUT2D eigenvalue weighted by molar-refractivity contribution is -0.137. The van der Waals surface area contributed by atoms with E-state index in [2.05, 4.69) is 52.8 Å². The molecule has 0 saturated carbocycles. The maximum absolute atomic E-state index is 12.1. The van der Waals surface area contributed by atoms with E-state index in [1.165, 1.54) is 67.7 Å². The zero-order chi connectivity index (χ0) is 29.4. The van der Waals surface area contributed by atoms with Crippen LogP contribution in [-0.2, 0) is 9.53 Å². The van der Waals surface area contributed by atoms with Gasteiger partial charge in [0.15, 0.2) is 11.5 Å². The summed E-state index contributed by atoms with van der Waals surface area (Å²) in [5.41, 5.74) is 5.01. The molecule has 0 unspecified atom stereocenters. The predicted octanol–water partition coefficient (Wildman–Crippen LogP) is 10.6. The molecule has 0 heterocycles. The molecular formula is C36H56O4. The van der Waals surface area contributed by atoms with Gasteiger partial charge in [0.1, 0.15) is 6.61 Å². The Hall–Kier alpha value is -2.75. The second-order valence-electron chi connectivity index (χ2n) is 11.0. The van der Waals surface area contributed by atoms with E-state index in [1.807, 2.05) is 18.2 Å². The largest absolute Gasteiger partial charge is 0.493 e. The Balaban J connectivity index is 2.36. The zero-order valence-electron chi connectivity index (χ0n) is 26.4. The van der Waals surface area contributed by atoms with Gasteiger partial charge in [-0.1, -0.05) is 93.2 Å². The van der Waals surface area contributed by atoms with E-state index in [0.717, 1.165) is 44.1 Å². The van der Waals surface area contributed by atoms with Crippen molar-refractivity contribution in [2.75, 3.05) is 20.3 Å². The summed E-state index contributed by atoms with van der Waals surface area (Å²) in [5.74, 6) is 1.02. The lowest BCUT2D eigenvalue weighted by Gasteiger charge is -2.10. The molecule has 224 valence electrons. The molecule has 0 fully saturated rings. The molecule has 1 aromatic carbocycles. The molecule has 1 aromatic rings. The van der Waals surface area contributed by atoms with Gasteiger partial charge in [-0.15, -0.1) is 0 Å². The van der Waals surface area contributed by atoms with Crippen LogP contribution >= 0.6 is 0 Å². The first-order valence-corrected chi connectivity index (χ1v) is 15.5. The van der Waals surface area contributed by atoms with Crippen LogP contribution in [0.3, 0.4) is 0 Å². The monoisotopic (exact) mass is 552 g/mol. The lowest BCUT2D eigenvalue weighted by Crippen LogP contribution is -2.02. The Morgan fingerprint density at radius 2 is 1.40 bits per heavy atom. The second kappa shape index (κ2) is 23.0. The number of esters is 1. The minimum atomic E-state index is -0.308. The molecule has 0 amide bonds. The maximum Gasteiger partial charge on any atom is 0.330 e. The highest BCUT2D eigenvalue weighted by Crippen LogP contribution is 2.28. The molecule has 40 heavy (non-hydrogen) atoms. The summed E-state index contributed by atoms with van der Waals surface area (Å²) in [5, 5.41) is 0. The molecule has 0 radical (unpaired) electrons. The van der Waals surface area contributed by atoms with Crippen LogP contribution in [0.4, 0.5) is 0 Å². The van der Waals surface area contributed by atoms with Crippen molar-refractivity contribution in [3.63, 3.8) is 0 Å². The number of benzene rings is 1. The van der Waals surface area contributed by atoms with E-state index in [-0.39, 0.29) is 5.97 Å². The van der Waals surface area contributed by atoms with Gasteiger partial charge in [-0.25, -0.2) is 4.79 Å². The summed E-state index contributed by atoms with van der Waals surface area (Å²) in [6, 6.07) is 5.67. The molecule has 0 atom stereocenters. The summed E-state index contributed by atoms with van der Waals surface area (Å²) >= 11 is 0. The van der Waals surface area contributed by atoms with Crippen LogP contribution in [0.5, 0.6) is 11.5 Å². The Bertz CT molecular complexity index is 948. The summed E-state index contributed by atoms with van der Waals surface area (Å²) in [6.07, 6.45) is 25.5. The molecule has 0 bridgehead atoms. The van der Waals surface area contributed by atoms with Crippen molar-refractivity contribution >= 4 is 12.0 Å². The lowest BCUT2D eigenvalue weighted by atomic mass is 10.1. The summed E-state index contributed by atoms with van der Waals surface area (Å²) in [7, 11) is 1.63. The Morgan fingerprint density at radius 1 is 0.775 bits per heavy atom. The van der Waals surface area contributed by atoms with Crippen molar-refractivity contribution in [2.45, 2.75) is 118 Å². The Labute approximate surface area is 245 Å². The van der Waals surface area contributed by atoms with E-state index >= 15 is 0 Å². The summed E-state index contributed by atoms with van der Waals surface area (Å²) < 4.78 is 16.8. The van der Waals surface area contributed by atoms with Gasteiger partial charge in [0.05, 0.1) is 13.7 Å². The first-order chi connectivity index (χ1) is 19.3. The van der Waals surface area contributed by atoms with Gasteiger partial charge in [0, 0.05) is 6.08 Å². The highest BCUT2D eigenvalue weighted by atomic mass is 16.5. The van der Waals surface area contributed by atoms with Crippen molar-refractivity contribution in [2.24, 2.45) is 0 Å². The van der Waals surface area contributed by atoms with Crippen molar-refractivity contribution in [1.29, 1.82) is 0 Å². The van der Waals surface area contributed by atoms with E-state index in [9.17, 15) is 4.79 Å². The van der Waals surface area contributed by atoms with Crippen molar-refractivity contribution in [3.8, 4) is 11.5 Å². The fraction of sp³-hybridized carbons (Fsp3) is 0.583. The number of allylic oxidation sites excluding steroid dienone is 5. The minimum absolute atomic E-state index is 0.308. The van der Waals surface area contributed by atoms with E-state index in [1.54, 1.807) is 13.2 Å². The Kier molecular flexibility index (Phi) is 20.3. The molecule has 0 aliphatic carbocycles. The third-order valence-electron chi connectivity index (χ3n) is 6.89. The quantitative estimate of drug-likeness (QED) is 0.0621. The van der Waals surface area contributed by atoms with Crippen LogP contribution in [0.25, 0.3) is 6.08 Å². The minimum Gasteiger partial charge on any atom is -0.493 e. The normalized spacial score (nSPS) is 12.1. The average Bonchev–Trinajstić information content (AvgIpc) is 2.93. The Morgan fingerprint density at radius 3 is 2.05 bits per heavy atom. The molecule has 0 aliphatic rings. The van der Waals surface area contributed by atoms with Gasteiger partial charge in [0.2, 0.25) is 0 Å². The first kappa shape index (κ1) is 35.3. The molecule has 0 aromatic heterocycles. The van der Waals surface area contributed by atoms with Gasteiger partial charge < -0.3 is 14.2 Å². The van der Waals surface area contributed by atoms with Crippen molar-refractivity contribution < 1.29 is 19.0 Å². The third-order valence-corrected chi connectivity index (χ3v) is 6.89. The van der Waals surface area contributed by atoms with Gasteiger partial charge in [-0.05, 0) is 89.6 Å². The topological polar surface area (TPSA) is 44.8 Å². The molecule has 0 spiro atoms. The molecule has 1 rings (SSSR count). The summed E-state index contributed by atoms with van der Waals surface area (Å²) in [6.45, 7) is 11.9. The van der Waals surface area contributed by atoms with Crippen LogP contribution in [0.1, 0.15) is 124 Å². The number of hydrogen-bond acceptors (Lipinski definition) is 4. The van der Waals surface area contributed by atoms with Crippen LogP contribution in [0.15, 0.2) is 59.2 Å². The standard InChI is InChI=1S/C36H56O4/c1-7-8-9-10-11-12-13-14-15-27-40-36(37)25-23-33-22-24-34(35(29-33)38-6)39-28-26-32(5)21-17-20-31(4)19-16-18-30(2)3/h18,20,22-26,29H,7-17,19,21,27-28H2,1-6H3/b25-23+,31-20+,32-26+. The number of carbonyl (C=O) groups excluding carboxylic acids is 1. The van der Waals surface area contributed by atoms with Gasteiger partial charge in [-0.2, -0.15) is 0 Å². The highest BCUT2D eigenvalue weighted by Gasteiger charge is 2.05. The highest BCUT2D eigenvalue weighted by molar-refractivity contribution is 5.87. The van der Waals surface area contributed by atoms with Crippen molar-refractivity contribution in [1.82, 2.24) is 0 Å². The number of ether oxygens (including phenoxy) is 3. The van der Waals surface area contributed by atoms with E-state index in [4.69, 9.17) is 14.2 Å². The summed E-state index contributed by atoms with van der Waals surface area (Å²) in [4.78, 5) is 12.1. The molecule has 0 N–H and O–H groups in total. The number of methoxy groups -OCH3 is 1. The number of carbonyl (C=O) groups is 1. The smallest absolute Gasteiger partial charge is 0.330 e. The zero-order valence-corrected chi connectivity index (χ0v) is 26.4. The first-order valence-electron chi connectivity index (χ1n) is 15.5.